The molecule has 0 saturated heterocycles. The van der Waals surface area contributed by atoms with E-state index in [9.17, 15) is 4.79 Å². The van der Waals surface area contributed by atoms with Gasteiger partial charge in [0.25, 0.3) is 0 Å². The first-order valence-corrected chi connectivity index (χ1v) is 6.40. The topological polar surface area (TPSA) is 52.9 Å². The fourth-order valence-electron chi connectivity index (χ4n) is 1.79. The molecule has 18 heavy (non-hydrogen) atoms. The zero-order valence-electron chi connectivity index (χ0n) is 11.1. The highest BCUT2D eigenvalue weighted by atomic mass is 16.1. The zero-order valence-corrected chi connectivity index (χ0v) is 11.1. The van der Waals surface area contributed by atoms with Crippen LogP contribution in [0, 0.1) is 18.3 Å². The second-order valence-corrected chi connectivity index (χ2v) is 4.50. The van der Waals surface area contributed by atoms with Crippen molar-refractivity contribution >= 4 is 5.91 Å². The third-order valence-corrected chi connectivity index (χ3v) is 2.84. The molecule has 1 rings (SSSR count). The highest BCUT2D eigenvalue weighted by molar-refractivity contribution is 5.77. The Morgan fingerprint density at radius 1 is 1.50 bits per heavy atom. The molecule has 0 saturated carbocycles. The molecular weight excluding hydrogens is 224 g/mol. The normalized spacial score (nSPS) is 11.6. The van der Waals surface area contributed by atoms with Gasteiger partial charge in [-0.3, -0.25) is 4.79 Å². The van der Waals surface area contributed by atoms with Gasteiger partial charge in [-0.05, 0) is 18.9 Å². The van der Waals surface area contributed by atoms with E-state index in [0.29, 0.717) is 6.54 Å². The minimum absolute atomic E-state index is 0.0449. The molecule has 0 aliphatic rings. The lowest BCUT2D eigenvalue weighted by Crippen LogP contribution is -2.25. The Hall–Kier alpha value is -1.82. The van der Waals surface area contributed by atoms with E-state index in [1.807, 2.05) is 31.2 Å². The number of amides is 1. The van der Waals surface area contributed by atoms with Gasteiger partial charge in [-0.25, -0.2) is 0 Å². The summed E-state index contributed by atoms with van der Waals surface area (Å²) in [6.45, 7) is 4.76. The fourth-order valence-corrected chi connectivity index (χ4v) is 1.79. The summed E-state index contributed by atoms with van der Waals surface area (Å²) >= 11 is 0. The standard InChI is InChI=1S/C15H20N2O/c1-3-4-8-17-15(18)10-14(11-16)13-7-5-6-12(2)9-13/h5-7,9,14H,3-4,8,10H2,1-2H3,(H,17,18). The number of unbranched alkanes of at least 4 members (excludes halogenated alkanes) is 1. The molecule has 3 nitrogen and oxygen atoms in total. The van der Waals surface area contributed by atoms with Crippen molar-refractivity contribution in [1.82, 2.24) is 5.32 Å². The number of benzene rings is 1. The lowest BCUT2D eigenvalue weighted by molar-refractivity contribution is -0.121. The predicted molar refractivity (Wildman–Crippen MR) is 72.1 cm³/mol. The lowest BCUT2D eigenvalue weighted by atomic mass is 9.95. The van der Waals surface area contributed by atoms with Crippen LogP contribution in [0.3, 0.4) is 0 Å². The lowest BCUT2D eigenvalue weighted by Gasteiger charge is -2.10. The molecule has 1 unspecified atom stereocenters. The minimum atomic E-state index is -0.355. The molecule has 1 atom stereocenters. The summed E-state index contributed by atoms with van der Waals surface area (Å²) in [5, 5.41) is 12.0. The van der Waals surface area contributed by atoms with Gasteiger partial charge >= 0.3 is 0 Å². The van der Waals surface area contributed by atoms with E-state index in [2.05, 4.69) is 18.3 Å². The molecule has 0 fully saturated rings. The second kappa shape index (κ2) is 7.50. The van der Waals surface area contributed by atoms with Crippen LogP contribution in [0.2, 0.25) is 0 Å². The van der Waals surface area contributed by atoms with E-state index >= 15 is 0 Å². The Kier molecular flexibility index (Phi) is 5.93. The van der Waals surface area contributed by atoms with Crippen LogP contribution < -0.4 is 5.32 Å². The highest BCUT2D eigenvalue weighted by Crippen LogP contribution is 2.19. The number of carbonyl (C=O) groups excluding carboxylic acids is 1. The van der Waals surface area contributed by atoms with Crippen molar-refractivity contribution < 1.29 is 4.79 Å². The van der Waals surface area contributed by atoms with Gasteiger partial charge in [0, 0.05) is 13.0 Å². The van der Waals surface area contributed by atoms with E-state index in [4.69, 9.17) is 5.26 Å². The zero-order chi connectivity index (χ0) is 13.4. The van der Waals surface area contributed by atoms with Crippen LogP contribution in [0.15, 0.2) is 24.3 Å². The molecule has 0 heterocycles. The van der Waals surface area contributed by atoms with Gasteiger partial charge in [0.1, 0.15) is 0 Å². The largest absolute Gasteiger partial charge is 0.356 e. The van der Waals surface area contributed by atoms with Gasteiger partial charge in [0.05, 0.1) is 12.0 Å². The summed E-state index contributed by atoms with van der Waals surface area (Å²) in [5.41, 5.74) is 2.03. The number of nitriles is 1. The van der Waals surface area contributed by atoms with Crippen LogP contribution in [0.1, 0.15) is 43.2 Å². The van der Waals surface area contributed by atoms with Crippen LogP contribution in [0.25, 0.3) is 0 Å². The number of hydrogen-bond donors (Lipinski definition) is 1. The summed E-state index contributed by atoms with van der Waals surface area (Å²) < 4.78 is 0. The average molecular weight is 244 g/mol. The molecule has 0 aromatic heterocycles. The monoisotopic (exact) mass is 244 g/mol. The maximum Gasteiger partial charge on any atom is 0.221 e. The van der Waals surface area contributed by atoms with Crippen LogP contribution in [0.4, 0.5) is 0 Å². The summed E-state index contributed by atoms with van der Waals surface area (Å²) in [7, 11) is 0. The van der Waals surface area contributed by atoms with Crippen molar-refractivity contribution in [3.63, 3.8) is 0 Å². The van der Waals surface area contributed by atoms with Crippen molar-refractivity contribution in [3.8, 4) is 6.07 Å². The van der Waals surface area contributed by atoms with E-state index in [1.165, 1.54) is 0 Å². The number of hydrogen-bond acceptors (Lipinski definition) is 2. The Morgan fingerprint density at radius 2 is 2.28 bits per heavy atom. The number of aryl methyl sites for hydroxylation is 1. The summed E-state index contributed by atoms with van der Waals surface area (Å²) in [4.78, 5) is 11.7. The minimum Gasteiger partial charge on any atom is -0.356 e. The number of rotatable bonds is 6. The van der Waals surface area contributed by atoms with Crippen LogP contribution in [0.5, 0.6) is 0 Å². The number of carbonyl (C=O) groups is 1. The van der Waals surface area contributed by atoms with Gasteiger partial charge < -0.3 is 5.32 Å². The van der Waals surface area contributed by atoms with E-state index in [1.54, 1.807) is 0 Å². The van der Waals surface area contributed by atoms with Gasteiger partial charge in [-0.2, -0.15) is 5.26 Å². The van der Waals surface area contributed by atoms with Crippen LogP contribution in [-0.2, 0) is 4.79 Å². The maximum atomic E-state index is 11.7. The summed E-state index contributed by atoms with van der Waals surface area (Å²) in [6, 6.07) is 9.98. The first-order valence-electron chi connectivity index (χ1n) is 6.40. The van der Waals surface area contributed by atoms with E-state index < -0.39 is 0 Å². The molecule has 0 aliphatic heterocycles. The molecule has 1 aromatic rings. The molecule has 1 aromatic carbocycles. The molecular formula is C15H20N2O. The average Bonchev–Trinajstić information content (AvgIpc) is 2.36. The van der Waals surface area contributed by atoms with Crippen LogP contribution >= 0.6 is 0 Å². The SMILES string of the molecule is CCCCNC(=O)CC(C#N)c1cccc(C)c1. The van der Waals surface area contributed by atoms with Gasteiger partial charge in [0.15, 0.2) is 0 Å². The number of nitrogens with zero attached hydrogens (tertiary/aromatic N) is 1. The maximum absolute atomic E-state index is 11.7. The summed E-state index contributed by atoms with van der Waals surface area (Å²) in [6.07, 6.45) is 2.27. The Balaban J connectivity index is 2.57. The van der Waals surface area contributed by atoms with Gasteiger partial charge in [0.2, 0.25) is 5.91 Å². The van der Waals surface area contributed by atoms with Crippen molar-refractivity contribution in [2.45, 2.75) is 39.0 Å². The second-order valence-electron chi connectivity index (χ2n) is 4.50. The van der Waals surface area contributed by atoms with E-state index in [-0.39, 0.29) is 18.2 Å². The Morgan fingerprint density at radius 3 is 2.89 bits per heavy atom. The van der Waals surface area contributed by atoms with Crippen molar-refractivity contribution in [1.29, 1.82) is 5.26 Å². The first kappa shape index (κ1) is 14.2. The van der Waals surface area contributed by atoms with Crippen LogP contribution in [-0.4, -0.2) is 12.5 Å². The van der Waals surface area contributed by atoms with Crippen molar-refractivity contribution in [2.24, 2.45) is 0 Å². The molecule has 96 valence electrons. The third kappa shape index (κ3) is 4.58. The summed E-state index contributed by atoms with van der Waals surface area (Å²) in [5.74, 6) is -0.400. The molecule has 0 aliphatic carbocycles. The molecule has 1 N–H and O–H groups in total. The predicted octanol–water partition coefficient (Wildman–Crippen LogP) is 2.91. The van der Waals surface area contributed by atoms with Crippen molar-refractivity contribution in [3.05, 3.63) is 35.4 Å². The Bertz CT molecular complexity index is 434. The molecule has 0 spiro atoms. The van der Waals surface area contributed by atoms with Gasteiger partial charge in [-0.1, -0.05) is 43.2 Å². The van der Waals surface area contributed by atoms with Gasteiger partial charge in [-0.15, -0.1) is 0 Å². The fraction of sp³-hybridized carbons (Fsp3) is 0.467. The third-order valence-electron chi connectivity index (χ3n) is 2.84. The smallest absolute Gasteiger partial charge is 0.221 e. The van der Waals surface area contributed by atoms with Crippen molar-refractivity contribution in [2.75, 3.05) is 6.54 Å². The quantitative estimate of drug-likeness (QED) is 0.782. The number of nitrogens with one attached hydrogen (secondary N) is 1. The first-order chi connectivity index (χ1) is 8.67. The molecule has 1 amide bonds. The Labute approximate surface area is 109 Å². The highest BCUT2D eigenvalue weighted by Gasteiger charge is 2.15. The molecule has 0 bridgehead atoms. The molecule has 3 heteroatoms. The molecule has 0 radical (unpaired) electrons. The van der Waals surface area contributed by atoms with E-state index in [0.717, 1.165) is 24.0 Å².